The largest absolute Gasteiger partial charge is 0.507 e. The molecule has 4 heteroatoms. The van der Waals surface area contributed by atoms with Gasteiger partial charge in [-0.05, 0) is 133 Å². The van der Waals surface area contributed by atoms with E-state index in [9.17, 15) is 5.11 Å². The van der Waals surface area contributed by atoms with Crippen molar-refractivity contribution < 1.29 is 9.22 Å². The summed E-state index contributed by atoms with van der Waals surface area (Å²) in [5.41, 5.74) is 17.1. The fourth-order valence-electron chi connectivity index (χ4n) is 9.30. The zero-order valence-corrected chi connectivity index (χ0v) is 42.4. The highest BCUT2D eigenvalue weighted by Crippen LogP contribution is 2.46. The number of hydrogen-bond donors (Lipinski definition) is 1. The summed E-state index contributed by atoms with van der Waals surface area (Å²) in [6.45, 7) is 24.5. The molecule has 9 rings (SSSR count). The van der Waals surface area contributed by atoms with Crippen LogP contribution in [0.4, 0.5) is 0 Å². The third kappa shape index (κ3) is 9.42. The van der Waals surface area contributed by atoms with Gasteiger partial charge in [-0.1, -0.05) is 192 Å². The first-order chi connectivity index (χ1) is 33.8. The van der Waals surface area contributed by atoms with Gasteiger partial charge in [0.15, 0.2) is 0 Å². The Balaban J connectivity index is 1.34. The van der Waals surface area contributed by atoms with Gasteiger partial charge in [-0.25, -0.2) is 4.98 Å². The summed E-state index contributed by atoms with van der Waals surface area (Å²) in [5.74, 6) is 0.879. The van der Waals surface area contributed by atoms with E-state index in [2.05, 4.69) is 209 Å². The van der Waals surface area contributed by atoms with Crippen LogP contribution < -0.4 is 0 Å². The number of phenols is 1. The smallest absolute Gasteiger partial charge is 0.149 e. The topological polar surface area (TPSA) is 50.9 Å². The molecule has 0 aliphatic rings. The van der Waals surface area contributed by atoms with E-state index < -0.39 is 6.85 Å². The van der Waals surface area contributed by atoms with Crippen molar-refractivity contribution in [1.82, 2.24) is 14.5 Å². The Labute approximate surface area is 415 Å². The lowest BCUT2D eigenvalue weighted by molar-refractivity contribution is 0.446. The van der Waals surface area contributed by atoms with E-state index in [0.29, 0.717) is 17.0 Å². The monoisotopic (exact) mass is 909 g/mol. The van der Waals surface area contributed by atoms with Crippen molar-refractivity contribution in [2.75, 3.05) is 0 Å². The summed E-state index contributed by atoms with van der Waals surface area (Å²) >= 11 is 0. The maximum atomic E-state index is 12.7. The van der Waals surface area contributed by atoms with Gasteiger partial charge in [0.2, 0.25) is 0 Å². The Bertz CT molecular complexity index is 3460. The van der Waals surface area contributed by atoms with Crippen molar-refractivity contribution in [2.45, 2.75) is 112 Å². The average molecular weight is 909 g/mol. The molecule has 0 bridgehead atoms. The van der Waals surface area contributed by atoms with Crippen molar-refractivity contribution in [3.05, 3.63) is 192 Å². The van der Waals surface area contributed by atoms with Gasteiger partial charge >= 0.3 is 0 Å². The van der Waals surface area contributed by atoms with Gasteiger partial charge in [0.1, 0.15) is 11.6 Å². The Kier molecular flexibility index (Phi) is 11.0. The number of nitrogens with zero attached hydrogens (tertiary/aromatic N) is 3. The van der Waals surface area contributed by atoms with Crippen LogP contribution in [0, 0.1) is 6.85 Å². The molecule has 4 nitrogen and oxygen atoms in total. The number of pyridine rings is 1. The fraction of sp³-hybridized carbons (Fsp3) is 0.262. The molecule has 1 N–H and O–H groups in total. The Morgan fingerprint density at radius 3 is 1.71 bits per heavy atom. The van der Waals surface area contributed by atoms with Crippen LogP contribution in [0.2, 0.25) is 0 Å². The molecule has 0 amide bonds. The van der Waals surface area contributed by atoms with Crippen molar-refractivity contribution in [1.29, 1.82) is 0 Å². The average Bonchev–Trinajstić information content (AvgIpc) is 3.72. The summed E-state index contributed by atoms with van der Waals surface area (Å²) in [4.78, 5) is 10.7. The van der Waals surface area contributed by atoms with Crippen LogP contribution >= 0.6 is 0 Å². The lowest BCUT2D eigenvalue weighted by Crippen LogP contribution is -2.17. The van der Waals surface area contributed by atoms with E-state index in [-0.39, 0.29) is 27.4 Å². The minimum atomic E-state index is -2.18. The number of aromatic hydroxyl groups is 1. The lowest BCUT2D eigenvalue weighted by Gasteiger charge is -2.28. The first-order valence-corrected chi connectivity index (χ1v) is 24.2. The third-order valence-corrected chi connectivity index (χ3v) is 13.5. The molecular weight excluding hydrogens is 839 g/mol. The Morgan fingerprint density at radius 2 is 1.06 bits per heavy atom. The quantitative estimate of drug-likeness (QED) is 0.173. The van der Waals surface area contributed by atoms with Crippen molar-refractivity contribution in [3.8, 4) is 78.6 Å². The van der Waals surface area contributed by atoms with Crippen molar-refractivity contribution >= 4 is 11.0 Å². The van der Waals surface area contributed by atoms with E-state index in [0.717, 1.165) is 83.6 Å². The molecular formula is C65H67N3O. The predicted molar refractivity (Wildman–Crippen MR) is 293 cm³/mol. The molecule has 69 heavy (non-hydrogen) atoms. The van der Waals surface area contributed by atoms with Gasteiger partial charge in [-0.15, -0.1) is 0 Å². The second-order valence-corrected chi connectivity index (χ2v) is 22.8. The minimum Gasteiger partial charge on any atom is -0.507 e. The number of rotatable bonds is 7. The predicted octanol–water partition coefficient (Wildman–Crippen LogP) is 17.6. The summed E-state index contributed by atoms with van der Waals surface area (Å²) < 4.78 is 26.0. The van der Waals surface area contributed by atoms with Crippen LogP contribution in [-0.4, -0.2) is 19.6 Å². The van der Waals surface area contributed by atoms with Crippen LogP contribution in [0.3, 0.4) is 0 Å². The molecule has 9 aromatic rings. The molecule has 0 saturated heterocycles. The van der Waals surface area contributed by atoms with Crippen LogP contribution in [0.15, 0.2) is 164 Å². The van der Waals surface area contributed by atoms with Crippen LogP contribution in [-0.2, 0) is 21.7 Å². The highest BCUT2D eigenvalue weighted by molar-refractivity contribution is 5.98. The van der Waals surface area contributed by atoms with Crippen LogP contribution in [0.1, 0.15) is 115 Å². The standard InChI is InChI=1S/C65H67N3O/c1-41-22-24-43(25-23-41)45-32-33-66-56(37-45)48-35-46(42-18-15-14-16-19-42)34-47(36-48)52-20-17-21-58-59(52)67-61(54-39-51(64(8,9)10)40-55(60(54)69)65(11,12)13)68(58)57-31-30-50(63(5,6)7)38-53(57)44-26-28-49(29-27-44)62(2,3)4/h14-40,69H,1-13H3/i1D3. The van der Waals surface area contributed by atoms with Gasteiger partial charge in [0.05, 0.1) is 28.0 Å². The molecule has 0 fully saturated rings. The SMILES string of the molecule is [2H]C([2H])([2H])c1ccc(-c2ccnc(-c3cc(-c4ccccc4)cc(-c4cccc5c4nc(-c4cc(C(C)(C)C)cc(C(C)(C)C)c4O)n5-c4ccc(C(C)(C)C)cc4-c4ccc(C(C)(C)C)cc4)c3)c2)cc1. The lowest BCUT2D eigenvalue weighted by atomic mass is 9.79. The molecule has 2 heterocycles. The van der Waals surface area contributed by atoms with Crippen molar-refractivity contribution in [3.63, 3.8) is 0 Å². The fourth-order valence-corrected chi connectivity index (χ4v) is 9.30. The summed E-state index contributed by atoms with van der Waals surface area (Å²) in [6, 6.07) is 54.7. The van der Waals surface area contributed by atoms with Gasteiger partial charge < -0.3 is 5.11 Å². The molecule has 7 aromatic carbocycles. The first kappa shape index (κ1) is 43.3. The maximum Gasteiger partial charge on any atom is 0.149 e. The van der Waals surface area contributed by atoms with Crippen LogP contribution in [0.25, 0.3) is 83.9 Å². The Hall–Kier alpha value is -7.04. The molecule has 0 spiro atoms. The molecule has 0 aliphatic carbocycles. The van der Waals surface area contributed by atoms with Gasteiger partial charge in [0.25, 0.3) is 0 Å². The zero-order valence-electron chi connectivity index (χ0n) is 45.4. The maximum absolute atomic E-state index is 12.7. The van der Waals surface area contributed by atoms with E-state index >= 15 is 0 Å². The third-order valence-electron chi connectivity index (χ3n) is 13.5. The molecule has 348 valence electrons. The number of aryl methyl sites for hydroxylation is 1. The number of fused-ring (bicyclic) bond motifs is 1. The number of phenolic OH excluding ortho intramolecular Hbond substituents is 1. The number of aromatic nitrogens is 3. The molecule has 0 atom stereocenters. The molecule has 0 aliphatic heterocycles. The van der Waals surface area contributed by atoms with Gasteiger partial charge in [-0.3, -0.25) is 9.55 Å². The first-order valence-electron chi connectivity index (χ1n) is 25.7. The van der Waals surface area contributed by atoms with Crippen LogP contribution in [0.5, 0.6) is 5.75 Å². The van der Waals surface area contributed by atoms with Gasteiger partial charge in [-0.2, -0.15) is 0 Å². The molecule has 0 radical (unpaired) electrons. The second-order valence-electron chi connectivity index (χ2n) is 22.8. The normalized spacial score (nSPS) is 13.3. The number of hydrogen-bond acceptors (Lipinski definition) is 3. The molecule has 2 aromatic heterocycles. The molecule has 0 unspecified atom stereocenters. The minimum absolute atomic E-state index is 0.00907. The van der Waals surface area contributed by atoms with Crippen molar-refractivity contribution in [2.24, 2.45) is 0 Å². The highest BCUT2D eigenvalue weighted by Gasteiger charge is 2.30. The highest BCUT2D eigenvalue weighted by atomic mass is 16.3. The number of para-hydroxylation sites is 1. The summed E-state index contributed by atoms with van der Waals surface area (Å²) in [6.07, 6.45) is 1.81. The van der Waals surface area contributed by atoms with E-state index in [1.807, 2.05) is 30.5 Å². The zero-order chi connectivity index (χ0) is 51.7. The number of benzene rings is 7. The van der Waals surface area contributed by atoms with Gasteiger partial charge in [0, 0.05) is 32.6 Å². The van der Waals surface area contributed by atoms with E-state index in [4.69, 9.17) is 14.1 Å². The number of imidazole rings is 1. The molecule has 0 saturated carbocycles. The van der Waals surface area contributed by atoms with E-state index in [1.165, 1.54) is 11.1 Å². The van der Waals surface area contributed by atoms with E-state index in [1.54, 1.807) is 12.1 Å². The summed E-state index contributed by atoms with van der Waals surface area (Å²) in [5, 5.41) is 12.7. The second kappa shape index (κ2) is 17.5. The summed E-state index contributed by atoms with van der Waals surface area (Å²) in [7, 11) is 0. The Morgan fingerprint density at radius 1 is 0.449 bits per heavy atom.